The first-order chi connectivity index (χ1) is 13.5. The number of furan rings is 1. The van der Waals surface area contributed by atoms with Gasteiger partial charge in [0.05, 0.1) is 11.6 Å². The second-order valence-electron chi connectivity index (χ2n) is 8.01. The van der Waals surface area contributed by atoms with Gasteiger partial charge in [-0.25, -0.2) is 4.39 Å². The summed E-state index contributed by atoms with van der Waals surface area (Å²) in [6.45, 7) is 6.14. The van der Waals surface area contributed by atoms with Crippen LogP contribution in [0.25, 0.3) is 0 Å². The summed E-state index contributed by atoms with van der Waals surface area (Å²) < 4.78 is 19.2. The Hall–Kier alpha value is -2.18. The highest BCUT2D eigenvalue weighted by Gasteiger charge is 2.30. The summed E-state index contributed by atoms with van der Waals surface area (Å²) in [5.41, 5.74) is 1.65. The monoisotopic (exact) mass is 385 g/mol. The number of aryl methyl sites for hydroxylation is 1. The lowest BCUT2D eigenvalue weighted by Gasteiger charge is -2.38. The minimum atomic E-state index is -0.244. The van der Waals surface area contributed by atoms with Crippen molar-refractivity contribution in [1.82, 2.24) is 15.1 Å². The first-order valence-corrected chi connectivity index (χ1v) is 10.1. The van der Waals surface area contributed by atoms with E-state index in [1.54, 1.807) is 0 Å². The van der Waals surface area contributed by atoms with Gasteiger partial charge in [-0.3, -0.25) is 9.69 Å². The van der Waals surface area contributed by atoms with Gasteiger partial charge < -0.3 is 14.6 Å². The number of carbonyl (C=O) groups is 1. The smallest absolute Gasteiger partial charge is 0.254 e. The second-order valence-corrected chi connectivity index (χ2v) is 8.01. The van der Waals surface area contributed by atoms with E-state index < -0.39 is 0 Å². The molecule has 5 nitrogen and oxygen atoms in total. The predicted octanol–water partition coefficient (Wildman–Crippen LogP) is 3.32. The van der Waals surface area contributed by atoms with Crippen molar-refractivity contribution in [2.24, 2.45) is 0 Å². The van der Waals surface area contributed by atoms with E-state index in [1.807, 2.05) is 25.1 Å². The molecule has 2 aromatic rings. The summed E-state index contributed by atoms with van der Waals surface area (Å²) in [6.07, 6.45) is 2.29. The Morgan fingerprint density at radius 3 is 2.54 bits per heavy atom. The third-order valence-corrected chi connectivity index (χ3v) is 5.85. The summed E-state index contributed by atoms with van der Waals surface area (Å²) in [7, 11) is 2.12. The molecule has 1 aliphatic heterocycles. The molecule has 1 amide bonds. The maximum Gasteiger partial charge on any atom is 0.254 e. The van der Waals surface area contributed by atoms with Gasteiger partial charge in [-0.05, 0) is 50.6 Å². The number of benzene rings is 1. The van der Waals surface area contributed by atoms with Gasteiger partial charge in [-0.2, -0.15) is 0 Å². The van der Waals surface area contributed by atoms with Gasteiger partial charge in [0.2, 0.25) is 0 Å². The molecule has 150 valence electrons. The molecular formula is C22H28FN3O2. The van der Waals surface area contributed by atoms with Crippen LogP contribution in [0.3, 0.4) is 0 Å². The van der Waals surface area contributed by atoms with Crippen molar-refractivity contribution in [2.45, 2.75) is 31.7 Å². The first kappa shape index (κ1) is 19.2. The van der Waals surface area contributed by atoms with E-state index in [2.05, 4.69) is 22.2 Å². The molecule has 6 heteroatoms. The molecule has 1 saturated carbocycles. The number of halogens is 1. The van der Waals surface area contributed by atoms with Crippen LogP contribution in [0.4, 0.5) is 4.39 Å². The SMILES string of the molecule is Cc1oc(C2CC2)cc1C(=O)NCC(c1ccc(F)cc1)N1CCN(C)CC1. The normalized spacial score (nSPS) is 19.5. The Labute approximate surface area is 165 Å². The molecule has 1 unspecified atom stereocenters. The Balaban J connectivity index is 1.47. The van der Waals surface area contributed by atoms with E-state index >= 15 is 0 Å². The standard InChI is InChI=1S/C22H28FN3O2/c1-15-19(13-21(28-15)17-3-4-17)22(27)24-14-20(16-5-7-18(23)8-6-16)26-11-9-25(2)10-12-26/h5-8,13,17,20H,3-4,9-12,14H2,1-2H3,(H,24,27). The molecule has 28 heavy (non-hydrogen) atoms. The molecular weight excluding hydrogens is 357 g/mol. The molecule has 0 radical (unpaired) electrons. The van der Waals surface area contributed by atoms with Crippen molar-refractivity contribution in [2.75, 3.05) is 39.8 Å². The Kier molecular flexibility index (Phi) is 5.51. The van der Waals surface area contributed by atoms with Crippen LogP contribution in [0.15, 0.2) is 34.7 Å². The molecule has 1 N–H and O–H groups in total. The third-order valence-electron chi connectivity index (χ3n) is 5.85. The number of rotatable bonds is 6. The van der Waals surface area contributed by atoms with Gasteiger partial charge in [0.15, 0.2) is 0 Å². The first-order valence-electron chi connectivity index (χ1n) is 10.1. The molecule has 2 aliphatic rings. The molecule has 1 saturated heterocycles. The molecule has 1 aliphatic carbocycles. The maximum atomic E-state index is 13.4. The number of amides is 1. The Morgan fingerprint density at radius 2 is 1.89 bits per heavy atom. The summed E-state index contributed by atoms with van der Waals surface area (Å²) in [5.74, 6) is 1.74. The predicted molar refractivity (Wildman–Crippen MR) is 106 cm³/mol. The van der Waals surface area contributed by atoms with E-state index in [0.29, 0.717) is 23.8 Å². The number of likely N-dealkylation sites (N-methyl/N-ethyl adjacent to an activating group) is 1. The molecule has 2 heterocycles. The van der Waals surface area contributed by atoms with Crippen LogP contribution in [-0.2, 0) is 0 Å². The lowest BCUT2D eigenvalue weighted by atomic mass is 10.0. The lowest BCUT2D eigenvalue weighted by molar-refractivity contribution is 0.0885. The average molecular weight is 385 g/mol. The molecule has 1 atom stereocenters. The average Bonchev–Trinajstić information content (AvgIpc) is 3.46. The fraction of sp³-hybridized carbons (Fsp3) is 0.500. The Bertz CT molecular complexity index is 821. The van der Waals surface area contributed by atoms with Crippen LogP contribution in [0.1, 0.15) is 52.2 Å². The van der Waals surface area contributed by atoms with Crippen LogP contribution in [-0.4, -0.2) is 55.5 Å². The number of hydrogen-bond donors (Lipinski definition) is 1. The summed E-state index contributed by atoms with van der Waals surface area (Å²) in [4.78, 5) is 17.5. The molecule has 2 fully saturated rings. The summed E-state index contributed by atoms with van der Waals surface area (Å²) in [5, 5.41) is 3.09. The molecule has 0 spiro atoms. The van der Waals surface area contributed by atoms with Gasteiger partial charge in [0.25, 0.3) is 5.91 Å². The van der Waals surface area contributed by atoms with Crippen LogP contribution >= 0.6 is 0 Å². The highest BCUT2D eigenvalue weighted by atomic mass is 19.1. The van der Waals surface area contributed by atoms with E-state index in [-0.39, 0.29) is 17.8 Å². The van der Waals surface area contributed by atoms with Crippen LogP contribution in [0.2, 0.25) is 0 Å². The third kappa shape index (κ3) is 4.28. The van der Waals surface area contributed by atoms with Crippen molar-refractivity contribution in [3.8, 4) is 0 Å². The number of carbonyl (C=O) groups excluding carboxylic acids is 1. The van der Waals surface area contributed by atoms with E-state index in [4.69, 9.17) is 4.42 Å². The van der Waals surface area contributed by atoms with Crippen molar-refractivity contribution in [3.05, 3.63) is 58.8 Å². The van der Waals surface area contributed by atoms with Crippen molar-refractivity contribution >= 4 is 5.91 Å². The maximum absolute atomic E-state index is 13.4. The van der Waals surface area contributed by atoms with E-state index in [0.717, 1.165) is 50.3 Å². The zero-order chi connectivity index (χ0) is 19.7. The van der Waals surface area contributed by atoms with Crippen LogP contribution in [0.5, 0.6) is 0 Å². The van der Waals surface area contributed by atoms with Gasteiger partial charge in [-0.1, -0.05) is 12.1 Å². The fourth-order valence-corrected chi connectivity index (χ4v) is 3.86. The minimum Gasteiger partial charge on any atom is -0.465 e. The molecule has 1 aromatic heterocycles. The van der Waals surface area contributed by atoms with Crippen LogP contribution < -0.4 is 5.32 Å². The van der Waals surface area contributed by atoms with Crippen LogP contribution in [0, 0.1) is 12.7 Å². The van der Waals surface area contributed by atoms with Gasteiger partial charge >= 0.3 is 0 Å². The molecule has 4 rings (SSSR count). The minimum absolute atomic E-state index is 0.0216. The topological polar surface area (TPSA) is 48.7 Å². The quantitative estimate of drug-likeness (QED) is 0.829. The molecule has 1 aromatic carbocycles. The fourth-order valence-electron chi connectivity index (χ4n) is 3.86. The van der Waals surface area contributed by atoms with E-state index in [9.17, 15) is 9.18 Å². The summed E-state index contributed by atoms with van der Waals surface area (Å²) >= 11 is 0. The molecule has 0 bridgehead atoms. The lowest BCUT2D eigenvalue weighted by Crippen LogP contribution is -2.48. The Morgan fingerprint density at radius 1 is 1.21 bits per heavy atom. The van der Waals surface area contributed by atoms with Crippen molar-refractivity contribution in [3.63, 3.8) is 0 Å². The summed E-state index contributed by atoms with van der Waals surface area (Å²) in [6, 6.07) is 8.53. The number of piperazine rings is 1. The highest BCUT2D eigenvalue weighted by Crippen LogP contribution is 2.41. The highest BCUT2D eigenvalue weighted by molar-refractivity contribution is 5.95. The van der Waals surface area contributed by atoms with Gasteiger partial charge in [0.1, 0.15) is 17.3 Å². The second kappa shape index (κ2) is 8.05. The zero-order valence-electron chi connectivity index (χ0n) is 16.6. The largest absolute Gasteiger partial charge is 0.465 e. The number of nitrogens with zero attached hydrogens (tertiary/aromatic N) is 2. The van der Waals surface area contributed by atoms with Gasteiger partial charge in [-0.15, -0.1) is 0 Å². The zero-order valence-corrected chi connectivity index (χ0v) is 16.6. The number of hydrogen-bond acceptors (Lipinski definition) is 4. The van der Waals surface area contributed by atoms with Crippen molar-refractivity contribution in [1.29, 1.82) is 0 Å². The van der Waals surface area contributed by atoms with Gasteiger partial charge in [0, 0.05) is 38.6 Å². The number of nitrogens with one attached hydrogen (secondary N) is 1. The van der Waals surface area contributed by atoms with Crippen molar-refractivity contribution < 1.29 is 13.6 Å². The van der Waals surface area contributed by atoms with E-state index in [1.165, 1.54) is 12.1 Å².